The minimum absolute atomic E-state index is 0.0852. The number of carbonyl (C=O) groups excluding carboxylic acids is 1. The molecule has 1 fully saturated rings. The lowest BCUT2D eigenvalue weighted by Crippen LogP contribution is -2.32. The molecular formula is C16H25N3O. The summed E-state index contributed by atoms with van der Waals surface area (Å²) >= 11 is 0. The number of hydrogen-bond acceptors (Lipinski definition) is 3. The molecule has 1 heterocycles. The molecule has 1 unspecified atom stereocenters. The van der Waals surface area contributed by atoms with Gasteiger partial charge < -0.3 is 10.6 Å². The Bertz CT molecular complexity index is 473. The Morgan fingerprint density at radius 3 is 2.90 bits per heavy atom. The zero-order chi connectivity index (χ0) is 14.5. The van der Waals surface area contributed by atoms with Gasteiger partial charge in [0, 0.05) is 12.2 Å². The fraction of sp³-hybridized carbons (Fsp3) is 0.562. The topological polar surface area (TPSA) is 44.4 Å². The predicted molar refractivity (Wildman–Crippen MR) is 83.0 cm³/mol. The smallest absolute Gasteiger partial charge is 0.238 e. The number of nitrogens with zero attached hydrogens (tertiary/aromatic N) is 1. The maximum atomic E-state index is 12.1. The van der Waals surface area contributed by atoms with Crippen LogP contribution in [0.2, 0.25) is 0 Å². The highest BCUT2D eigenvalue weighted by molar-refractivity contribution is 5.93. The average molecular weight is 275 g/mol. The van der Waals surface area contributed by atoms with Crippen molar-refractivity contribution in [1.29, 1.82) is 0 Å². The summed E-state index contributed by atoms with van der Waals surface area (Å²) < 4.78 is 0. The van der Waals surface area contributed by atoms with Crippen molar-refractivity contribution in [3.05, 3.63) is 29.3 Å². The van der Waals surface area contributed by atoms with Crippen molar-refractivity contribution in [3.63, 3.8) is 0 Å². The highest BCUT2D eigenvalue weighted by Gasteiger charge is 2.23. The molecule has 0 aliphatic carbocycles. The van der Waals surface area contributed by atoms with E-state index < -0.39 is 0 Å². The van der Waals surface area contributed by atoms with Gasteiger partial charge in [0.1, 0.15) is 0 Å². The van der Waals surface area contributed by atoms with Crippen LogP contribution < -0.4 is 10.6 Å². The van der Waals surface area contributed by atoms with Crippen LogP contribution in [0.15, 0.2) is 18.2 Å². The number of anilines is 1. The molecule has 1 saturated heterocycles. The van der Waals surface area contributed by atoms with Crippen molar-refractivity contribution in [2.75, 3.05) is 38.5 Å². The van der Waals surface area contributed by atoms with E-state index in [1.54, 1.807) is 0 Å². The molecule has 0 saturated carbocycles. The van der Waals surface area contributed by atoms with E-state index in [2.05, 4.69) is 28.5 Å². The number of rotatable bonds is 5. The SMILES string of the molecule is CNCC1CCN(CC(=O)Nc2ccc(C)cc2C)C1. The minimum atomic E-state index is 0.0852. The third kappa shape index (κ3) is 4.05. The molecule has 1 amide bonds. The van der Waals surface area contributed by atoms with Crippen molar-refractivity contribution < 1.29 is 4.79 Å². The monoisotopic (exact) mass is 275 g/mol. The van der Waals surface area contributed by atoms with E-state index >= 15 is 0 Å². The van der Waals surface area contributed by atoms with Crippen molar-refractivity contribution in [2.24, 2.45) is 5.92 Å². The molecule has 1 aromatic carbocycles. The average Bonchev–Trinajstić information content (AvgIpc) is 2.81. The Hall–Kier alpha value is -1.39. The number of benzene rings is 1. The van der Waals surface area contributed by atoms with Crippen LogP contribution >= 0.6 is 0 Å². The summed E-state index contributed by atoms with van der Waals surface area (Å²) in [6, 6.07) is 6.10. The van der Waals surface area contributed by atoms with E-state index in [-0.39, 0.29) is 5.91 Å². The van der Waals surface area contributed by atoms with Crippen LogP contribution in [0.3, 0.4) is 0 Å². The van der Waals surface area contributed by atoms with Gasteiger partial charge in [0.15, 0.2) is 0 Å². The van der Waals surface area contributed by atoms with Crippen molar-refractivity contribution >= 4 is 11.6 Å². The third-order valence-corrected chi connectivity index (χ3v) is 3.89. The molecule has 1 aromatic rings. The Morgan fingerprint density at radius 1 is 1.40 bits per heavy atom. The van der Waals surface area contributed by atoms with E-state index in [4.69, 9.17) is 0 Å². The van der Waals surface area contributed by atoms with Gasteiger partial charge in [-0.15, -0.1) is 0 Å². The molecule has 0 bridgehead atoms. The predicted octanol–water partition coefficient (Wildman–Crippen LogP) is 1.78. The number of likely N-dealkylation sites (tertiary alicyclic amines) is 1. The first-order chi connectivity index (χ1) is 9.58. The van der Waals surface area contributed by atoms with Crippen molar-refractivity contribution in [2.45, 2.75) is 20.3 Å². The summed E-state index contributed by atoms with van der Waals surface area (Å²) in [7, 11) is 1.98. The molecule has 110 valence electrons. The Kier molecular flexibility index (Phi) is 5.15. The van der Waals surface area contributed by atoms with Crippen LogP contribution in [0.5, 0.6) is 0 Å². The zero-order valence-corrected chi connectivity index (χ0v) is 12.7. The molecule has 0 spiro atoms. The molecule has 4 heteroatoms. The Labute approximate surface area is 121 Å². The van der Waals surface area contributed by atoms with Crippen LogP contribution in [0.25, 0.3) is 0 Å². The molecule has 2 rings (SSSR count). The summed E-state index contributed by atoms with van der Waals surface area (Å²) in [5.41, 5.74) is 3.26. The zero-order valence-electron chi connectivity index (χ0n) is 12.7. The second kappa shape index (κ2) is 6.86. The maximum Gasteiger partial charge on any atom is 0.238 e. The van der Waals surface area contributed by atoms with Crippen LogP contribution in [0.1, 0.15) is 17.5 Å². The normalized spacial score (nSPS) is 19.2. The Morgan fingerprint density at radius 2 is 2.20 bits per heavy atom. The molecule has 1 aliphatic rings. The maximum absolute atomic E-state index is 12.1. The second-order valence-electron chi connectivity index (χ2n) is 5.81. The highest BCUT2D eigenvalue weighted by Crippen LogP contribution is 2.17. The van der Waals surface area contributed by atoms with E-state index in [0.29, 0.717) is 12.5 Å². The largest absolute Gasteiger partial charge is 0.325 e. The van der Waals surface area contributed by atoms with Gasteiger partial charge in [0.25, 0.3) is 0 Å². The third-order valence-electron chi connectivity index (χ3n) is 3.89. The first-order valence-corrected chi connectivity index (χ1v) is 7.32. The number of hydrogen-bond donors (Lipinski definition) is 2. The standard InChI is InChI=1S/C16H25N3O/c1-12-4-5-15(13(2)8-12)18-16(20)11-19-7-6-14(10-19)9-17-3/h4-5,8,14,17H,6-7,9-11H2,1-3H3,(H,18,20). The van der Waals surface area contributed by atoms with Gasteiger partial charge in [-0.2, -0.15) is 0 Å². The second-order valence-corrected chi connectivity index (χ2v) is 5.81. The molecule has 0 radical (unpaired) electrons. The summed E-state index contributed by atoms with van der Waals surface area (Å²) in [6.45, 7) is 7.66. The highest BCUT2D eigenvalue weighted by atomic mass is 16.2. The fourth-order valence-electron chi connectivity index (χ4n) is 2.86. The number of carbonyl (C=O) groups is 1. The first-order valence-electron chi connectivity index (χ1n) is 7.32. The van der Waals surface area contributed by atoms with Crippen LogP contribution in [-0.4, -0.2) is 44.0 Å². The molecular weight excluding hydrogens is 250 g/mol. The van der Waals surface area contributed by atoms with Gasteiger partial charge in [-0.05, 0) is 58.0 Å². The van der Waals surface area contributed by atoms with Gasteiger partial charge >= 0.3 is 0 Å². The van der Waals surface area contributed by atoms with Gasteiger partial charge in [-0.1, -0.05) is 17.7 Å². The van der Waals surface area contributed by atoms with E-state index in [1.807, 2.05) is 26.1 Å². The number of amides is 1. The van der Waals surface area contributed by atoms with Gasteiger partial charge in [-0.25, -0.2) is 0 Å². The van der Waals surface area contributed by atoms with Gasteiger partial charge in [0.05, 0.1) is 6.54 Å². The molecule has 4 nitrogen and oxygen atoms in total. The summed E-state index contributed by atoms with van der Waals surface area (Å²) in [6.07, 6.45) is 1.18. The lowest BCUT2D eigenvalue weighted by atomic mass is 10.1. The van der Waals surface area contributed by atoms with Gasteiger partial charge in [-0.3, -0.25) is 9.69 Å². The van der Waals surface area contributed by atoms with E-state index in [1.165, 1.54) is 12.0 Å². The quantitative estimate of drug-likeness (QED) is 0.861. The van der Waals surface area contributed by atoms with Crippen molar-refractivity contribution in [1.82, 2.24) is 10.2 Å². The molecule has 0 aromatic heterocycles. The lowest BCUT2D eigenvalue weighted by Gasteiger charge is -2.16. The molecule has 2 N–H and O–H groups in total. The minimum Gasteiger partial charge on any atom is -0.325 e. The van der Waals surface area contributed by atoms with Gasteiger partial charge in [0.2, 0.25) is 5.91 Å². The molecule has 1 aliphatic heterocycles. The summed E-state index contributed by atoms with van der Waals surface area (Å²) in [5, 5.41) is 6.22. The Balaban J connectivity index is 1.84. The first kappa shape index (κ1) is 15.0. The number of aryl methyl sites for hydroxylation is 2. The summed E-state index contributed by atoms with van der Waals surface area (Å²) in [5.74, 6) is 0.760. The number of nitrogens with one attached hydrogen (secondary N) is 2. The van der Waals surface area contributed by atoms with Crippen LogP contribution in [-0.2, 0) is 4.79 Å². The lowest BCUT2D eigenvalue weighted by molar-refractivity contribution is -0.117. The van der Waals surface area contributed by atoms with E-state index in [0.717, 1.165) is 30.9 Å². The van der Waals surface area contributed by atoms with Crippen LogP contribution in [0.4, 0.5) is 5.69 Å². The summed E-state index contributed by atoms with van der Waals surface area (Å²) in [4.78, 5) is 14.3. The van der Waals surface area contributed by atoms with E-state index in [9.17, 15) is 4.79 Å². The van der Waals surface area contributed by atoms with Crippen LogP contribution in [0, 0.1) is 19.8 Å². The molecule has 20 heavy (non-hydrogen) atoms. The fourth-order valence-corrected chi connectivity index (χ4v) is 2.86. The molecule has 1 atom stereocenters. The van der Waals surface area contributed by atoms with Crippen molar-refractivity contribution in [3.8, 4) is 0 Å².